The maximum Gasteiger partial charge on any atom is 0.331 e. The summed E-state index contributed by atoms with van der Waals surface area (Å²) in [5, 5.41) is 0. The van der Waals surface area contributed by atoms with Crippen LogP contribution in [0.4, 0.5) is 0 Å². The Balaban J connectivity index is 3.38. The average Bonchev–Trinajstić information content (AvgIpc) is 2.05. The molecule has 0 aromatic rings. The van der Waals surface area contributed by atoms with Crippen LogP contribution in [0.25, 0.3) is 0 Å². The predicted molar refractivity (Wildman–Crippen MR) is 48.4 cm³/mol. The summed E-state index contributed by atoms with van der Waals surface area (Å²) in [6.07, 6.45) is 4.65. The normalized spacial score (nSPS) is 12.2. The second-order valence-corrected chi connectivity index (χ2v) is 2.68. The van der Waals surface area contributed by atoms with Gasteiger partial charge in [-0.2, -0.15) is 0 Å². The van der Waals surface area contributed by atoms with Gasteiger partial charge < -0.3 is 4.74 Å². The zero-order chi connectivity index (χ0) is 9.40. The second-order valence-electron chi connectivity index (χ2n) is 2.68. The van der Waals surface area contributed by atoms with Crippen LogP contribution < -0.4 is 5.73 Å². The van der Waals surface area contributed by atoms with Gasteiger partial charge in [-0.1, -0.05) is 26.3 Å². The van der Waals surface area contributed by atoms with Crippen molar-refractivity contribution in [1.82, 2.24) is 0 Å². The van der Waals surface area contributed by atoms with Gasteiger partial charge in [-0.05, 0) is 12.8 Å². The first-order valence-corrected chi connectivity index (χ1v) is 4.29. The van der Waals surface area contributed by atoms with Crippen LogP contribution in [0.1, 0.15) is 32.6 Å². The number of esters is 1. The maximum absolute atomic E-state index is 10.6. The molecule has 0 aromatic carbocycles. The Kier molecular flexibility index (Phi) is 6.38. The van der Waals surface area contributed by atoms with Crippen LogP contribution in [-0.2, 0) is 9.53 Å². The molecule has 1 unspecified atom stereocenters. The molecule has 1 atom stereocenters. The van der Waals surface area contributed by atoms with Crippen molar-refractivity contribution >= 4 is 5.97 Å². The summed E-state index contributed by atoms with van der Waals surface area (Å²) >= 11 is 0. The zero-order valence-electron chi connectivity index (χ0n) is 7.58. The maximum atomic E-state index is 10.6. The highest BCUT2D eigenvalue weighted by molar-refractivity contribution is 5.81. The van der Waals surface area contributed by atoms with E-state index in [2.05, 4.69) is 13.5 Å². The Morgan fingerprint density at radius 1 is 1.67 bits per heavy atom. The molecule has 0 rings (SSSR count). The summed E-state index contributed by atoms with van der Waals surface area (Å²) in [6, 6.07) is 0. The van der Waals surface area contributed by atoms with Crippen molar-refractivity contribution in [2.24, 2.45) is 5.73 Å². The lowest BCUT2D eigenvalue weighted by Crippen LogP contribution is -2.26. The van der Waals surface area contributed by atoms with Crippen LogP contribution in [0, 0.1) is 0 Å². The first kappa shape index (κ1) is 11.2. The lowest BCUT2D eigenvalue weighted by Gasteiger charge is -2.10. The van der Waals surface area contributed by atoms with Crippen LogP contribution in [0.2, 0.25) is 0 Å². The topological polar surface area (TPSA) is 52.3 Å². The highest BCUT2D eigenvalue weighted by atomic mass is 16.6. The van der Waals surface area contributed by atoms with Gasteiger partial charge in [0.1, 0.15) is 0 Å². The molecule has 12 heavy (non-hydrogen) atoms. The number of ether oxygens (including phenoxy) is 1. The fourth-order valence-corrected chi connectivity index (χ4v) is 0.852. The summed E-state index contributed by atoms with van der Waals surface area (Å²) in [5.41, 5.74) is 5.50. The summed E-state index contributed by atoms with van der Waals surface area (Å²) in [4.78, 5) is 10.6. The molecule has 70 valence electrons. The fraction of sp³-hybridized carbons (Fsp3) is 0.667. The van der Waals surface area contributed by atoms with Gasteiger partial charge in [0.2, 0.25) is 0 Å². The van der Waals surface area contributed by atoms with Crippen LogP contribution in [-0.4, -0.2) is 12.2 Å². The first-order valence-electron chi connectivity index (χ1n) is 4.29. The van der Waals surface area contributed by atoms with Gasteiger partial charge in [0.15, 0.2) is 6.23 Å². The molecule has 0 aliphatic rings. The van der Waals surface area contributed by atoms with E-state index in [1.165, 1.54) is 0 Å². The monoisotopic (exact) mass is 171 g/mol. The number of nitrogens with two attached hydrogens (primary N) is 1. The molecule has 0 bridgehead atoms. The molecule has 0 saturated heterocycles. The third-order valence-corrected chi connectivity index (χ3v) is 1.53. The molecule has 0 spiro atoms. The van der Waals surface area contributed by atoms with Gasteiger partial charge in [-0.3, -0.25) is 5.73 Å². The Hall–Kier alpha value is -0.830. The first-order chi connectivity index (χ1) is 5.70. The van der Waals surface area contributed by atoms with Crippen LogP contribution >= 0.6 is 0 Å². The summed E-state index contributed by atoms with van der Waals surface area (Å²) in [7, 11) is 0. The van der Waals surface area contributed by atoms with Crippen molar-refractivity contribution in [2.45, 2.75) is 38.8 Å². The van der Waals surface area contributed by atoms with E-state index in [1.807, 2.05) is 0 Å². The molecule has 0 aliphatic carbocycles. The van der Waals surface area contributed by atoms with Crippen LogP contribution in [0.3, 0.4) is 0 Å². The van der Waals surface area contributed by atoms with Gasteiger partial charge in [0, 0.05) is 6.08 Å². The molecule has 3 nitrogen and oxygen atoms in total. The van der Waals surface area contributed by atoms with E-state index >= 15 is 0 Å². The summed E-state index contributed by atoms with van der Waals surface area (Å²) in [6.45, 7) is 5.39. The largest absolute Gasteiger partial charge is 0.444 e. The summed E-state index contributed by atoms with van der Waals surface area (Å²) < 4.78 is 4.77. The van der Waals surface area contributed by atoms with E-state index in [0.717, 1.165) is 31.8 Å². The minimum Gasteiger partial charge on any atom is -0.444 e. The Morgan fingerprint density at radius 2 is 2.33 bits per heavy atom. The Morgan fingerprint density at radius 3 is 2.83 bits per heavy atom. The van der Waals surface area contributed by atoms with Gasteiger partial charge in [-0.25, -0.2) is 4.79 Å². The number of carbonyl (C=O) groups is 1. The van der Waals surface area contributed by atoms with Crippen molar-refractivity contribution in [3.8, 4) is 0 Å². The molecule has 0 amide bonds. The fourth-order valence-electron chi connectivity index (χ4n) is 0.852. The van der Waals surface area contributed by atoms with E-state index in [0.29, 0.717) is 0 Å². The second kappa shape index (κ2) is 6.85. The highest BCUT2D eigenvalue weighted by Crippen LogP contribution is 2.02. The molecule has 2 N–H and O–H groups in total. The van der Waals surface area contributed by atoms with Gasteiger partial charge in [-0.15, -0.1) is 0 Å². The van der Waals surface area contributed by atoms with E-state index in [-0.39, 0.29) is 0 Å². The molecule has 0 saturated carbocycles. The standard InChI is InChI=1S/C9H17NO2/c1-3-5-6-7-8(10)12-9(11)4-2/h4,8H,2-3,5-7,10H2,1H3. The lowest BCUT2D eigenvalue weighted by molar-refractivity contribution is -0.143. The molecule has 0 fully saturated rings. The summed E-state index contributed by atoms with van der Waals surface area (Å²) in [5.74, 6) is -0.445. The number of hydrogen-bond acceptors (Lipinski definition) is 3. The Bertz CT molecular complexity index is 145. The number of carbonyl (C=O) groups excluding carboxylic acids is 1. The molecular weight excluding hydrogens is 154 g/mol. The molecule has 0 heterocycles. The van der Waals surface area contributed by atoms with Crippen LogP contribution in [0.15, 0.2) is 12.7 Å². The SMILES string of the molecule is C=CC(=O)OC(N)CCCCC. The van der Waals surface area contributed by atoms with Gasteiger partial charge in [0.05, 0.1) is 0 Å². The van der Waals surface area contributed by atoms with Crippen LogP contribution in [0.5, 0.6) is 0 Å². The van der Waals surface area contributed by atoms with Crippen molar-refractivity contribution in [3.05, 3.63) is 12.7 Å². The lowest BCUT2D eigenvalue weighted by atomic mass is 10.2. The average molecular weight is 171 g/mol. The zero-order valence-corrected chi connectivity index (χ0v) is 7.58. The number of unbranched alkanes of at least 4 members (excludes halogenated alkanes) is 2. The number of rotatable bonds is 6. The molecule has 0 aliphatic heterocycles. The predicted octanol–water partition coefficient (Wildman–Crippen LogP) is 1.58. The van der Waals surface area contributed by atoms with Gasteiger partial charge in [0.25, 0.3) is 0 Å². The van der Waals surface area contributed by atoms with E-state index in [1.54, 1.807) is 0 Å². The van der Waals surface area contributed by atoms with Crippen molar-refractivity contribution < 1.29 is 9.53 Å². The van der Waals surface area contributed by atoms with Crippen molar-refractivity contribution in [2.75, 3.05) is 0 Å². The molecular formula is C9H17NO2. The smallest absolute Gasteiger partial charge is 0.331 e. The molecule has 0 aromatic heterocycles. The Labute approximate surface area is 73.6 Å². The molecule has 0 radical (unpaired) electrons. The number of hydrogen-bond donors (Lipinski definition) is 1. The highest BCUT2D eigenvalue weighted by Gasteiger charge is 2.05. The van der Waals surface area contributed by atoms with E-state index < -0.39 is 12.2 Å². The minimum atomic E-state index is -0.470. The van der Waals surface area contributed by atoms with Crippen molar-refractivity contribution in [3.63, 3.8) is 0 Å². The van der Waals surface area contributed by atoms with Crippen molar-refractivity contribution in [1.29, 1.82) is 0 Å². The van der Waals surface area contributed by atoms with E-state index in [4.69, 9.17) is 10.5 Å². The molecule has 3 heteroatoms. The third-order valence-electron chi connectivity index (χ3n) is 1.53. The van der Waals surface area contributed by atoms with E-state index in [9.17, 15) is 4.79 Å². The quantitative estimate of drug-likeness (QED) is 0.286. The third kappa shape index (κ3) is 5.92. The minimum absolute atomic E-state index is 0.445. The van der Waals surface area contributed by atoms with Gasteiger partial charge >= 0.3 is 5.97 Å².